The molecule has 0 aromatic carbocycles. The summed E-state index contributed by atoms with van der Waals surface area (Å²) in [7, 11) is 0. The van der Waals surface area contributed by atoms with E-state index in [0.29, 0.717) is 51.6 Å². The number of aliphatic hydroxyl groups excluding tert-OH is 1. The second-order valence-corrected chi connectivity index (χ2v) is 8.21. The van der Waals surface area contributed by atoms with Crippen molar-refractivity contribution in [3.8, 4) is 0 Å². The lowest BCUT2D eigenvalue weighted by Gasteiger charge is -2.30. The number of carboxylic acid groups (broad SMARTS) is 2. The van der Waals surface area contributed by atoms with Crippen LogP contribution in [0.25, 0.3) is 0 Å². The predicted molar refractivity (Wildman–Crippen MR) is 103 cm³/mol. The van der Waals surface area contributed by atoms with Crippen LogP contribution >= 0.6 is 0 Å². The first-order valence-corrected chi connectivity index (χ1v) is 10.8. The number of rotatable bonds is 13. The van der Waals surface area contributed by atoms with Gasteiger partial charge in [0.2, 0.25) is 0 Å². The number of aliphatic carboxylic acids is 2. The van der Waals surface area contributed by atoms with Gasteiger partial charge in [0.1, 0.15) is 5.78 Å². The third kappa shape index (κ3) is 8.40. The highest BCUT2D eigenvalue weighted by Gasteiger charge is 2.44. The summed E-state index contributed by atoms with van der Waals surface area (Å²) in [6, 6.07) is 0. The van der Waals surface area contributed by atoms with Crippen LogP contribution in [0.5, 0.6) is 0 Å². The second-order valence-electron chi connectivity index (χ2n) is 8.21. The SMILES string of the molecule is O=C(O)CCCCC(=O)CCC1C(OC2CCCCO2)CC(O)C1CCC(=O)O. The van der Waals surface area contributed by atoms with Crippen LogP contribution in [0.15, 0.2) is 0 Å². The lowest BCUT2D eigenvalue weighted by molar-refractivity contribution is -0.196. The zero-order valence-electron chi connectivity index (χ0n) is 17.0. The van der Waals surface area contributed by atoms with E-state index in [4.69, 9.17) is 19.7 Å². The molecule has 2 fully saturated rings. The van der Waals surface area contributed by atoms with Gasteiger partial charge in [0.25, 0.3) is 0 Å². The molecule has 1 aliphatic carbocycles. The fourth-order valence-corrected chi connectivity index (χ4v) is 4.47. The van der Waals surface area contributed by atoms with Crippen LogP contribution in [0.4, 0.5) is 0 Å². The maximum absolute atomic E-state index is 12.2. The van der Waals surface area contributed by atoms with Gasteiger partial charge in [-0.2, -0.15) is 0 Å². The van der Waals surface area contributed by atoms with E-state index in [1.54, 1.807) is 0 Å². The molecule has 1 saturated heterocycles. The van der Waals surface area contributed by atoms with E-state index in [9.17, 15) is 19.5 Å². The Morgan fingerprint density at radius 2 is 1.59 bits per heavy atom. The van der Waals surface area contributed by atoms with E-state index in [1.165, 1.54) is 0 Å². The number of hydrogen-bond donors (Lipinski definition) is 3. The molecule has 5 unspecified atom stereocenters. The lowest BCUT2D eigenvalue weighted by Crippen LogP contribution is -2.31. The van der Waals surface area contributed by atoms with Crippen LogP contribution in [0, 0.1) is 11.8 Å². The molecule has 8 nitrogen and oxygen atoms in total. The molecule has 0 aromatic heterocycles. The van der Waals surface area contributed by atoms with E-state index in [2.05, 4.69) is 0 Å². The summed E-state index contributed by atoms with van der Waals surface area (Å²) in [4.78, 5) is 33.8. The average molecular weight is 414 g/mol. The van der Waals surface area contributed by atoms with Crippen LogP contribution in [-0.2, 0) is 23.9 Å². The fourth-order valence-electron chi connectivity index (χ4n) is 4.47. The van der Waals surface area contributed by atoms with Crippen LogP contribution in [-0.4, -0.2) is 58.1 Å². The number of ketones is 1. The van der Waals surface area contributed by atoms with E-state index < -0.39 is 18.0 Å². The molecule has 0 amide bonds. The average Bonchev–Trinajstić information content (AvgIpc) is 2.96. The zero-order valence-corrected chi connectivity index (χ0v) is 17.0. The van der Waals surface area contributed by atoms with Gasteiger partial charge in [-0.1, -0.05) is 0 Å². The number of carboxylic acids is 2. The van der Waals surface area contributed by atoms with Gasteiger partial charge in [0.05, 0.1) is 12.2 Å². The number of carbonyl (C=O) groups is 3. The molecule has 8 heteroatoms. The van der Waals surface area contributed by atoms with Crippen molar-refractivity contribution in [2.75, 3.05) is 6.61 Å². The minimum absolute atomic E-state index is 0.0198. The third-order valence-electron chi connectivity index (χ3n) is 6.00. The largest absolute Gasteiger partial charge is 0.481 e. The van der Waals surface area contributed by atoms with E-state index in [0.717, 1.165) is 19.3 Å². The Morgan fingerprint density at radius 3 is 2.24 bits per heavy atom. The fraction of sp³-hybridized carbons (Fsp3) is 0.857. The molecule has 29 heavy (non-hydrogen) atoms. The smallest absolute Gasteiger partial charge is 0.303 e. The van der Waals surface area contributed by atoms with Crippen molar-refractivity contribution in [3.63, 3.8) is 0 Å². The molecule has 5 atom stereocenters. The molecular formula is C21H34O8. The second kappa shape index (κ2) is 12.2. The maximum atomic E-state index is 12.2. The third-order valence-corrected chi connectivity index (χ3v) is 6.00. The van der Waals surface area contributed by atoms with Crippen molar-refractivity contribution in [3.05, 3.63) is 0 Å². The normalized spacial score (nSPS) is 29.6. The highest BCUT2D eigenvalue weighted by atomic mass is 16.7. The van der Waals surface area contributed by atoms with Gasteiger partial charge in [-0.3, -0.25) is 14.4 Å². The zero-order chi connectivity index (χ0) is 21.2. The van der Waals surface area contributed by atoms with Gasteiger partial charge >= 0.3 is 11.9 Å². The molecule has 0 radical (unpaired) electrons. The first-order chi connectivity index (χ1) is 13.9. The Balaban J connectivity index is 1.89. The van der Waals surface area contributed by atoms with Gasteiger partial charge in [0.15, 0.2) is 6.29 Å². The van der Waals surface area contributed by atoms with Crippen LogP contribution < -0.4 is 0 Å². The molecule has 2 aliphatic rings. The lowest BCUT2D eigenvalue weighted by atomic mass is 9.85. The van der Waals surface area contributed by atoms with Gasteiger partial charge in [-0.25, -0.2) is 0 Å². The first-order valence-electron chi connectivity index (χ1n) is 10.8. The molecule has 2 rings (SSSR count). The van der Waals surface area contributed by atoms with E-state index in [-0.39, 0.29) is 42.9 Å². The molecule has 166 valence electrons. The molecule has 3 N–H and O–H groups in total. The summed E-state index contributed by atoms with van der Waals surface area (Å²) >= 11 is 0. The van der Waals surface area contributed by atoms with Crippen molar-refractivity contribution < 1.29 is 39.2 Å². The number of aliphatic hydroxyl groups is 1. The number of hydrogen-bond acceptors (Lipinski definition) is 6. The van der Waals surface area contributed by atoms with E-state index in [1.807, 2.05) is 0 Å². The topological polar surface area (TPSA) is 130 Å². The van der Waals surface area contributed by atoms with Crippen molar-refractivity contribution in [1.29, 1.82) is 0 Å². The molecule has 1 aliphatic heterocycles. The van der Waals surface area contributed by atoms with Crippen LogP contribution in [0.1, 0.15) is 77.0 Å². The number of unbranched alkanes of at least 4 members (excludes halogenated alkanes) is 1. The van der Waals surface area contributed by atoms with Gasteiger partial charge in [-0.15, -0.1) is 0 Å². The summed E-state index contributed by atoms with van der Waals surface area (Å²) in [5.41, 5.74) is 0. The van der Waals surface area contributed by atoms with Gasteiger partial charge in [0, 0.05) is 38.7 Å². The Bertz CT molecular complexity index is 543. The monoisotopic (exact) mass is 414 g/mol. The summed E-state index contributed by atoms with van der Waals surface area (Å²) in [6.07, 6.45) is 4.75. The Kier molecular flexibility index (Phi) is 10.0. The molecule has 0 aromatic rings. The maximum Gasteiger partial charge on any atom is 0.303 e. The van der Waals surface area contributed by atoms with E-state index >= 15 is 0 Å². The highest BCUT2D eigenvalue weighted by molar-refractivity contribution is 5.78. The summed E-state index contributed by atoms with van der Waals surface area (Å²) < 4.78 is 11.8. The molecule has 0 bridgehead atoms. The number of Topliss-reactive ketones (excluding diaryl/α,β-unsaturated/α-hetero) is 1. The number of ether oxygens (including phenoxy) is 2. The standard InChI is InChI=1S/C21H34O8/c22-14(5-1-2-6-19(24)25)8-9-16-15(10-11-20(26)27)17(23)13-18(16)29-21-7-3-4-12-28-21/h15-18,21,23H,1-13H2,(H,24,25)(H,26,27). The molecule has 1 saturated carbocycles. The van der Waals surface area contributed by atoms with Gasteiger partial charge < -0.3 is 24.8 Å². The molecule has 0 spiro atoms. The Morgan fingerprint density at radius 1 is 0.897 bits per heavy atom. The molecule has 1 heterocycles. The summed E-state index contributed by atoms with van der Waals surface area (Å²) in [5, 5.41) is 28.2. The van der Waals surface area contributed by atoms with Crippen LogP contribution in [0.2, 0.25) is 0 Å². The Labute approximate surface area is 171 Å². The van der Waals surface area contributed by atoms with Crippen molar-refractivity contribution in [2.24, 2.45) is 11.8 Å². The summed E-state index contributed by atoms with van der Waals surface area (Å²) in [5.74, 6) is -1.98. The van der Waals surface area contributed by atoms with Crippen molar-refractivity contribution in [1.82, 2.24) is 0 Å². The van der Waals surface area contributed by atoms with Crippen molar-refractivity contribution in [2.45, 2.75) is 95.5 Å². The minimum Gasteiger partial charge on any atom is -0.481 e. The molecular weight excluding hydrogens is 380 g/mol. The predicted octanol–water partition coefficient (Wildman–Crippen LogP) is 2.75. The van der Waals surface area contributed by atoms with Crippen molar-refractivity contribution >= 4 is 17.7 Å². The van der Waals surface area contributed by atoms with Crippen LogP contribution in [0.3, 0.4) is 0 Å². The quantitative estimate of drug-likeness (QED) is 0.392. The Hall–Kier alpha value is -1.51. The highest BCUT2D eigenvalue weighted by Crippen LogP contribution is 2.41. The first kappa shape index (κ1) is 23.8. The summed E-state index contributed by atoms with van der Waals surface area (Å²) in [6.45, 7) is 0.655. The number of carbonyl (C=O) groups excluding carboxylic acids is 1. The van der Waals surface area contributed by atoms with Gasteiger partial charge in [-0.05, 0) is 56.8 Å². The minimum atomic E-state index is -0.898.